The molecule has 0 radical (unpaired) electrons. The Labute approximate surface area is 160 Å². The van der Waals surface area contributed by atoms with Crippen molar-refractivity contribution in [1.82, 2.24) is 0 Å². The Morgan fingerprint density at radius 1 is 1.07 bits per heavy atom. The van der Waals surface area contributed by atoms with Gasteiger partial charge in [-0.15, -0.1) is 0 Å². The van der Waals surface area contributed by atoms with E-state index in [1.54, 1.807) is 0 Å². The van der Waals surface area contributed by atoms with Crippen LogP contribution in [-0.2, 0) is 0 Å². The third-order valence-electron chi connectivity index (χ3n) is 4.27. The highest BCUT2D eigenvalue weighted by atomic mass is 32.2. The van der Waals surface area contributed by atoms with E-state index in [0.29, 0.717) is 17.3 Å². The van der Waals surface area contributed by atoms with Gasteiger partial charge in [0, 0.05) is 22.1 Å². The predicted molar refractivity (Wildman–Crippen MR) is 103 cm³/mol. The Hall–Kier alpha value is -2.86. The molecule has 1 aliphatic rings. The molecule has 3 aromatic rings. The second kappa shape index (κ2) is 7.04. The summed E-state index contributed by atoms with van der Waals surface area (Å²) in [6.45, 7) is 4.27. The van der Waals surface area contributed by atoms with Crippen molar-refractivity contribution in [1.29, 1.82) is 0 Å². The molecular formula is C21H18O5S. The van der Waals surface area contributed by atoms with E-state index in [1.807, 2.05) is 56.3 Å². The van der Waals surface area contributed by atoms with E-state index in [4.69, 9.17) is 13.9 Å². The molecule has 4 rings (SSSR count). The van der Waals surface area contributed by atoms with E-state index in [9.17, 15) is 9.90 Å². The van der Waals surface area contributed by atoms with Crippen molar-refractivity contribution in [2.45, 2.75) is 29.6 Å². The van der Waals surface area contributed by atoms with Gasteiger partial charge in [-0.3, -0.25) is 0 Å². The fraction of sp³-hybridized carbons (Fsp3) is 0.190. The molecule has 27 heavy (non-hydrogen) atoms. The van der Waals surface area contributed by atoms with Crippen LogP contribution in [-0.4, -0.2) is 11.9 Å². The molecule has 138 valence electrons. The highest BCUT2D eigenvalue weighted by molar-refractivity contribution is 7.99. The van der Waals surface area contributed by atoms with Gasteiger partial charge in [-0.25, -0.2) is 4.79 Å². The molecule has 1 aliphatic heterocycles. The predicted octanol–water partition coefficient (Wildman–Crippen LogP) is 5.02. The third kappa shape index (κ3) is 3.28. The first-order valence-corrected chi connectivity index (χ1v) is 9.39. The van der Waals surface area contributed by atoms with Gasteiger partial charge in [0.1, 0.15) is 16.4 Å². The summed E-state index contributed by atoms with van der Waals surface area (Å²) in [6, 6.07) is 14.4. The molecule has 2 heterocycles. The molecule has 0 aliphatic carbocycles. The van der Waals surface area contributed by atoms with Crippen LogP contribution in [0.4, 0.5) is 0 Å². The lowest BCUT2D eigenvalue weighted by Gasteiger charge is -2.15. The number of aromatic hydroxyl groups is 1. The Balaban J connectivity index is 1.75. The maximum Gasteiger partial charge on any atom is 0.354 e. The SMILES string of the molecule is CC(C)c1c(Sc2c(O)cc(-c3ccccc3)oc2=O)ccc2c1OCO2. The van der Waals surface area contributed by atoms with Crippen molar-refractivity contribution < 1.29 is 19.0 Å². The smallest absolute Gasteiger partial charge is 0.354 e. The molecule has 0 fully saturated rings. The van der Waals surface area contributed by atoms with Gasteiger partial charge < -0.3 is 19.0 Å². The van der Waals surface area contributed by atoms with Crippen LogP contribution in [0.3, 0.4) is 0 Å². The summed E-state index contributed by atoms with van der Waals surface area (Å²) in [5.41, 5.74) is 1.10. The first kappa shape index (κ1) is 17.5. The van der Waals surface area contributed by atoms with E-state index in [2.05, 4.69) is 0 Å². The molecule has 0 spiro atoms. The molecular weight excluding hydrogens is 364 g/mol. The molecule has 0 atom stereocenters. The summed E-state index contributed by atoms with van der Waals surface area (Å²) >= 11 is 1.17. The van der Waals surface area contributed by atoms with Gasteiger partial charge in [0.2, 0.25) is 6.79 Å². The van der Waals surface area contributed by atoms with Crippen molar-refractivity contribution in [3.63, 3.8) is 0 Å². The van der Waals surface area contributed by atoms with Gasteiger partial charge in [-0.05, 0) is 18.1 Å². The molecule has 0 bridgehead atoms. The van der Waals surface area contributed by atoms with Crippen molar-refractivity contribution in [3.05, 3.63) is 64.5 Å². The van der Waals surface area contributed by atoms with Crippen LogP contribution in [0.5, 0.6) is 17.2 Å². The topological polar surface area (TPSA) is 68.9 Å². The van der Waals surface area contributed by atoms with Crippen LogP contribution < -0.4 is 15.1 Å². The zero-order valence-corrected chi connectivity index (χ0v) is 15.7. The van der Waals surface area contributed by atoms with Crippen LogP contribution in [0.25, 0.3) is 11.3 Å². The van der Waals surface area contributed by atoms with Crippen LogP contribution in [0.15, 0.2) is 67.5 Å². The quantitative estimate of drug-likeness (QED) is 0.684. The fourth-order valence-corrected chi connectivity index (χ4v) is 4.11. The first-order chi connectivity index (χ1) is 13.0. The lowest BCUT2D eigenvalue weighted by molar-refractivity contribution is 0.173. The average molecular weight is 382 g/mol. The molecule has 0 unspecified atom stereocenters. The molecule has 1 N–H and O–H groups in total. The number of fused-ring (bicyclic) bond motifs is 1. The van der Waals surface area contributed by atoms with Crippen molar-refractivity contribution in [2.24, 2.45) is 0 Å². The van der Waals surface area contributed by atoms with Gasteiger partial charge in [-0.2, -0.15) is 0 Å². The minimum absolute atomic E-state index is 0.109. The second-order valence-corrected chi connectivity index (χ2v) is 7.50. The Kier molecular flexibility index (Phi) is 4.58. The second-order valence-electron chi connectivity index (χ2n) is 6.45. The molecule has 2 aromatic carbocycles. The van der Waals surface area contributed by atoms with Gasteiger partial charge in [0.15, 0.2) is 11.5 Å². The summed E-state index contributed by atoms with van der Waals surface area (Å²) in [6.07, 6.45) is 0. The van der Waals surface area contributed by atoms with Gasteiger partial charge in [0.25, 0.3) is 0 Å². The Bertz CT molecular complexity index is 1040. The summed E-state index contributed by atoms with van der Waals surface area (Å²) in [7, 11) is 0. The summed E-state index contributed by atoms with van der Waals surface area (Å²) in [4.78, 5) is 13.5. The van der Waals surface area contributed by atoms with E-state index in [0.717, 1.165) is 16.0 Å². The monoisotopic (exact) mass is 382 g/mol. The molecule has 5 nitrogen and oxygen atoms in total. The number of ether oxygens (including phenoxy) is 2. The van der Waals surface area contributed by atoms with E-state index in [1.165, 1.54) is 17.8 Å². The van der Waals surface area contributed by atoms with E-state index in [-0.39, 0.29) is 23.4 Å². The molecule has 0 saturated carbocycles. The lowest BCUT2D eigenvalue weighted by atomic mass is 10.0. The van der Waals surface area contributed by atoms with Crippen LogP contribution in [0, 0.1) is 0 Å². The fourth-order valence-electron chi connectivity index (χ4n) is 3.03. The minimum Gasteiger partial charge on any atom is -0.506 e. The zero-order chi connectivity index (χ0) is 19.0. The van der Waals surface area contributed by atoms with E-state index >= 15 is 0 Å². The lowest BCUT2D eigenvalue weighted by Crippen LogP contribution is -2.04. The normalized spacial score (nSPS) is 12.6. The van der Waals surface area contributed by atoms with Crippen LogP contribution in [0.2, 0.25) is 0 Å². The van der Waals surface area contributed by atoms with Gasteiger partial charge in [-0.1, -0.05) is 55.9 Å². The number of rotatable bonds is 4. The highest BCUT2D eigenvalue weighted by Crippen LogP contribution is 2.46. The molecule has 0 amide bonds. The molecule has 1 aromatic heterocycles. The summed E-state index contributed by atoms with van der Waals surface area (Å²) < 4.78 is 16.5. The standard InChI is InChI=1S/C21H18O5S/c1-12(2)18-17(9-8-15-19(18)25-11-24-15)27-20-14(22)10-16(26-21(20)23)13-6-4-3-5-7-13/h3-10,12,22H,11H2,1-2H3. The number of hydrogen-bond acceptors (Lipinski definition) is 6. The molecule has 6 heteroatoms. The van der Waals surface area contributed by atoms with Gasteiger partial charge in [0.05, 0.1) is 0 Å². The first-order valence-electron chi connectivity index (χ1n) is 8.57. The van der Waals surface area contributed by atoms with E-state index < -0.39 is 5.63 Å². The van der Waals surface area contributed by atoms with Crippen LogP contribution >= 0.6 is 11.8 Å². The van der Waals surface area contributed by atoms with Gasteiger partial charge >= 0.3 is 5.63 Å². The minimum atomic E-state index is -0.578. The zero-order valence-electron chi connectivity index (χ0n) is 14.9. The average Bonchev–Trinajstić information content (AvgIpc) is 3.13. The third-order valence-corrected chi connectivity index (χ3v) is 5.43. The maximum atomic E-state index is 12.5. The van der Waals surface area contributed by atoms with Crippen molar-refractivity contribution in [2.75, 3.05) is 6.79 Å². The largest absolute Gasteiger partial charge is 0.506 e. The molecule has 0 saturated heterocycles. The number of benzene rings is 2. The maximum absolute atomic E-state index is 12.5. The number of hydrogen-bond donors (Lipinski definition) is 1. The Morgan fingerprint density at radius 2 is 1.85 bits per heavy atom. The van der Waals surface area contributed by atoms with Crippen LogP contribution in [0.1, 0.15) is 25.3 Å². The van der Waals surface area contributed by atoms with Crippen molar-refractivity contribution in [3.8, 4) is 28.6 Å². The van der Waals surface area contributed by atoms with Crippen molar-refractivity contribution >= 4 is 11.8 Å². The Morgan fingerprint density at radius 3 is 2.56 bits per heavy atom. The summed E-state index contributed by atoms with van der Waals surface area (Å²) in [5.74, 6) is 1.76. The summed E-state index contributed by atoms with van der Waals surface area (Å²) in [5, 5.41) is 10.5. The highest BCUT2D eigenvalue weighted by Gasteiger charge is 2.25.